The first-order chi connectivity index (χ1) is 9.51. The van der Waals surface area contributed by atoms with E-state index in [0.717, 1.165) is 21.3 Å². The van der Waals surface area contributed by atoms with Crippen LogP contribution in [0, 0.1) is 15.2 Å². The minimum atomic E-state index is -0.433. The van der Waals surface area contributed by atoms with Gasteiger partial charge >= 0.3 is 0 Å². The van der Waals surface area contributed by atoms with Crippen molar-refractivity contribution in [3.8, 4) is 0 Å². The van der Waals surface area contributed by atoms with E-state index in [1.54, 1.807) is 7.05 Å². The number of hydrogen-bond acceptors (Lipinski definition) is 1. The Hall–Kier alpha value is -0.720. The molecule has 20 heavy (non-hydrogen) atoms. The maximum absolute atomic E-state index is 13.7. The quantitative estimate of drug-likeness (QED) is 0.723. The van der Waals surface area contributed by atoms with E-state index in [9.17, 15) is 8.78 Å². The highest BCUT2D eigenvalue weighted by Gasteiger charge is 2.14. The summed E-state index contributed by atoms with van der Waals surface area (Å²) >= 11 is 8.25. The number of rotatable bonds is 4. The van der Waals surface area contributed by atoms with Crippen LogP contribution < -0.4 is 5.32 Å². The predicted molar refractivity (Wildman–Crippen MR) is 86.0 cm³/mol. The van der Waals surface area contributed by atoms with Crippen LogP contribution in [-0.4, -0.2) is 7.05 Å². The Kier molecular flexibility index (Phi) is 5.35. The van der Waals surface area contributed by atoms with Crippen LogP contribution in [0.1, 0.15) is 17.2 Å². The summed E-state index contributed by atoms with van der Waals surface area (Å²) in [6.07, 6.45) is 0.358. The van der Waals surface area contributed by atoms with Gasteiger partial charge in [0.25, 0.3) is 0 Å². The van der Waals surface area contributed by atoms with Crippen LogP contribution in [0.5, 0.6) is 0 Å². The first kappa shape index (κ1) is 15.7. The third kappa shape index (κ3) is 3.68. The standard InChI is InChI=1S/C15H13ClF2IN/c1-20-15(9-2-5-14(19)12(16)7-9)8-10-6-11(17)3-4-13(10)18/h2-7,15,20H,8H2,1H3. The molecule has 0 saturated heterocycles. The Morgan fingerprint density at radius 2 is 1.95 bits per heavy atom. The fourth-order valence-corrected chi connectivity index (χ4v) is 2.56. The van der Waals surface area contributed by atoms with Crippen molar-refractivity contribution in [1.82, 2.24) is 5.32 Å². The first-order valence-electron chi connectivity index (χ1n) is 6.07. The molecule has 0 bridgehead atoms. The van der Waals surface area contributed by atoms with Crippen LogP contribution >= 0.6 is 34.2 Å². The van der Waals surface area contributed by atoms with Crippen LogP contribution in [0.25, 0.3) is 0 Å². The van der Waals surface area contributed by atoms with Crippen LogP contribution in [0.15, 0.2) is 36.4 Å². The molecule has 0 amide bonds. The molecule has 0 heterocycles. The van der Waals surface area contributed by atoms with Crippen molar-refractivity contribution in [2.24, 2.45) is 0 Å². The van der Waals surface area contributed by atoms with Gasteiger partial charge in [-0.05, 0) is 77.5 Å². The topological polar surface area (TPSA) is 12.0 Å². The van der Waals surface area contributed by atoms with Gasteiger partial charge in [0, 0.05) is 9.61 Å². The predicted octanol–water partition coefficient (Wildman–Crippen LogP) is 4.73. The monoisotopic (exact) mass is 407 g/mol. The molecule has 0 aromatic heterocycles. The minimum Gasteiger partial charge on any atom is -0.313 e. The molecule has 1 nitrogen and oxygen atoms in total. The lowest BCUT2D eigenvalue weighted by molar-refractivity contribution is 0.544. The Morgan fingerprint density at radius 1 is 1.20 bits per heavy atom. The highest BCUT2D eigenvalue weighted by atomic mass is 127. The van der Waals surface area contributed by atoms with E-state index in [4.69, 9.17) is 11.6 Å². The van der Waals surface area contributed by atoms with Gasteiger partial charge in [-0.25, -0.2) is 8.78 Å². The van der Waals surface area contributed by atoms with Gasteiger partial charge in [-0.1, -0.05) is 17.7 Å². The van der Waals surface area contributed by atoms with Crippen molar-refractivity contribution >= 4 is 34.2 Å². The van der Waals surface area contributed by atoms with Gasteiger partial charge in [0.2, 0.25) is 0 Å². The fourth-order valence-electron chi connectivity index (χ4n) is 2.04. The highest BCUT2D eigenvalue weighted by Crippen LogP contribution is 2.26. The minimum absolute atomic E-state index is 0.124. The van der Waals surface area contributed by atoms with Crippen LogP contribution in [0.2, 0.25) is 5.02 Å². The van der Waals surface area contributed by atoms with E-state index in [-0.39, 0.29) is 6.04 Å². The molecular formula is C15H13ClF2IN. The summed E-state index contributed by atoms with van der Waals surface area (Å²) in [6.45, 7) is 0. The number of benzene rings is 2. The lowest BCUT2D eigenvalue weighted by Gasteiger charge is -2.18. The normalized spacial score (nSPS) is 12.4. The van der Waals surface area contributed by atoms with E-state index >= 15 is 0 Å². The Labute approximate surface area is 135 Å². The Balaban J connectivity index is 2.28. The van der Waals surface area contributed by atoms with Gasteiger partial charge in [-0.3, -0.25) is 0 Å². The van der Waals surface area contributed by atoms with E-state index in [1.807, 2.05) is 18.2 Å². The molecule has 2 aromatic rings. The van der Waals surface area contributed by atoms with Crippen molar-refractivity contribution < 1.29 is 8.78 Å². The molecule has 2 rings (SSSR count). The third-order valence-corrected chi connectivity index (χ3v) is 4.70. The van der Waals surface area contributed by atoms with Gasteiger partial charge in [0.1, 0.15) is 11.6 Å². The molecule has 1 atom stereocenters. The average molecular weight is 408 g/mol. The SMILES string of the molecule is CNC(Cc1cc(F)ccc1F)c1ccc(I)c(Cl)c1. The van der Waals surface area contributed by atoms with Crippen molar-refractivity contribution in [3.05, 3.63) is 67.8 Å². The van der Waals surface area contributed by atoms with Crippen molar-refractivity contribution in [3.63, 3.8) is 0 Å². The number of likely N-dealkylation sites (N-methyl/N-ethyl adjacent to an activating group) is 1. The van der Waals surface area contributed by atoms with Crippen LogP contribution in [-0.2, 0) is 6.42 Å². The fraction of sp³-hybridized carbons (Fsp3) is 0.200. The van der Waals surface area contributed by atoms with Crippen molar-refractivity contribution in [2.45, 2.75) is 12.5 Å². The number of hydrogen-bond donors (Lipinski definition) is 1. The lowest BCUT2D eigenvalue weighted by Crippen LogP contribution is -2.19. The first-order valence-corrected chi connectivity index (χ1v) is 7.53. The molecule has 1 N–H and O–H groups in total. The Morgan fingerprint density at radius 3 is 2.60 bits per heavy atom. The summed E-state index contributed by atoms with van der Waals surface area (Å²) in [5, 5.41) is 3.77. The van der Waals surface area contributed by atoms with Gasteiger partial charge in [0.15, 0.2) is 0 Å². The van der Waals surface area contributed by atoms with E-state index < -0.39 is 11.6 Å². The zero-order chi connectivity index (χ0) is 14.7. The second kappa shape index (κ2) is 6.83. The second-order valence-corrected chi connectivity index (χ2v) is 6.02. The van der Waals surface area contributed by atoms with E-state index in [0.29, 0.717) is 17.0 Å². The maximum atomic E-state index is 13.7. The van der Waals surface area contributed by atoms with Gasteiger partial charge in [-0.15, -0.1) is 0 Å². The molecule has 0 aliphatic carbocycles. The average Bonchev–Trinajstić information content (AvgIpc) is 2.43. The summed E-state index contributed by atoms with van der Waals surface area (Å²) in [5.41, 5.74) is 1.29. The molecule has 0 radical (unpaired) electrons. The van der Waals surface area contributed by atoms with Gasteiger partial charge in [-0.2, -0.15) is 0 Å². The maximum Gasteiger partial charge on any atom is 0.126 e. The van der Waals surface area contributed by atoms with Crippen LogP contribution in [0.4, 0.5) is 8.78 Å². The van der Waals surface area contributed by atoms with Gasteiger partial charge < -0.3 is 5.32 Å². The highest BCUT2D eigenvalue weighted by molar-refractivity contribution is 14.1. The summed E-state index contributed by atoms with van der Waals surface area (Å²) in [4.78, 5) is 0. The molecule has 2 aromatic carbocycles. The molecule has 5 heteroatoms. The van der Waals surface area contributed by atoms with E-state index in [2.05, 4.69) is 27.9 Å². The summed E-state index contributed by atoms with van der Waals surface area (Å²) in [5.74, 6) is -0.833. The van der Waals surface area contributed by atoms with Crippen molar-refractivity contribution in [2.75, 3.05) is 7.05 Å². The molecular weight excluding hydrogens is 395 g/mol. The number of halogens is 4. The summed E-state index contributed by atoms with van der Waals surface area (Å²) in [6, 6.07) is 9.07. The molecule has 0 aliphatic rings. The van der Waals surface area contributed by atoms with Crippen LogP contribution in [0.3, 0.4) is 0 Å². The largest absolute Gasteiger partial charge is 0.313 e. The smallest absolute Gasteiger partial charge is 0.126 e. The van der Waals surface area contributed by atoms with Crippen molar-refractivity contribution in [1.29, 1.82) is 0 Å². The summed E-state index contributed by atoms with van der Waals surface area (Å²) < 4.78 is 27.9. The second-order valence-electron chi connectivity index (χ2n) is 4.45. The van der Waals surface area contributed by atoms with E-state index in [1.165, 1.54) is 6.07 Å². The molecule has 106 valence electrons. The molecule has 0 aliphatic heterocycles. The van der Waals surface area contributed by atoms with Gasteiger partial charge in [0.05, 0.1) is 5.02 Å². The molecule has 1 unspecified atom stereocenters. The molecule has 0 saturated carbocycles. The molecule has 0 spiro atoms. The zero-order valence-corrected chi connectivity index (χ0v) is 13.7. The zero-order valence-electron chi connectivity index (χ0n) is 10.8. The summed E-state index contributed by atoms with van der Waals surface area (Å²) in [7, 11) is 1.79. The molecule has 0 fully saturated rings. The lowest BCUT2D eigenvalue weighted by atomic mass is 9.98. The number of nitrogens with one attached hydrogen (secondary N) is 1. The third-order valence-electron chi connectivity index (χ3n) is 3.13. The Bertz CT molecular complexity index is 619.